The Bertz CT molecular complexity index is 428. The van der Waals surface area contributed by atoms with E-state index in [0.29, 0.717) is 18.6 Å². The van der Waals surface area contributed by atoms with E-state index in [2.05, 4.69) is 15.5 Å². The number of aliphatic carboxylic acids is 1. The van der Waals surface area contributed by atoms with Gasteiger partial charge in [-0.25, -0.2) is 4.68 Å². The summed E-state index contributed by atoms with van der Waals surface area (Å²) in [5.41, 5.74) is 0. The van der Waals surface area contributed by atoms with E-state index in [1.165, 1.54) is 0 Å². The lowest BCUT2D eigenvalue weighted by Gasteiger charge is -2.34. The second-order valence-corrected chi connectivity index (χ2v) is 5.14. The zero-order valence-electron chi connectivity index (χ0n) is 11.3. The molecule has 0 saturated heterocycles. The van der Waals surface area contributed by atoms with E-state index in [9.17, 15) is 4.79 Å². The van der Waals surface area contributed by atoms with Crippen molar-refractivity contribution in [2.45, 2.75) is 45.8 Å². The van der Waals surface area contributed by atoms with E-state index in [1.54, 1.807) is 11.6 Å². The Morgan fingerprint density at radius 1 is 1.58 bits per heavy atom. The van der Waals surface area contributed by atoms with E-state index in [-0.39, 0.29) is 0 Å². The molecule has 1 aliphatic carbocycles. The molecule has 0 amide bonds. The summed E-state index contributed by atoms with van der Waals surface area (Å²) < 4.78 is 7.12. The van der Waals surface area contributed by atoms with Crippen LogP contribution in [0.3, 0.4) is 0 Å². The highest BCUT2D eigenvalue weighted by molar-refractivity contribution is 5.69. The molecule has 2 rings (SSSR count). The van der Waals surface area contributed by atoms with E-state index < -0.39 is 11.9 Å². The normalized spacial score (nSPS) is 23.9. The first-order valence-corrected chi connectivity index (χ1v) is 6.69. The van der Waals surface area contributed by atoms with E-state index >= 15 is 0 Å². The van der Waals surface area contributed by atoms with Crippen LogP contribution in [-0.4, -0.2) is 44.0 Å². The summed E-state index contributed by atoms with van der Waals surface area (Å²) in [6, 6.07) is 0. The third kappa shape index (κ3) is 3.50. The lowest BCUT2D eigenvalue weighted by Crippen LogP contribution is -2.33. The van der Waals surface area contributed by atoms with Gasteiger partial charge in [0.05, 0.1) is 18.6 Å². The highest BCUT2D eigenvalue weighted by Gasteiger charge is 2.31. The highest BCUT2D eigenvalue weighted by atomic mass is 16.5. The average Bonchev–Trinajstić information content (AvgIpc) is 2.73. The van der Waals surface area contributed by atoms with Crippen LogP contribution in [-0.2, 0) is 22.5 Å². The number of hydrogen-bond donors (Lipinski definition) is 1. The van der Waals surface area contributed by atoms with E-state index in [1.807, 2.05) is 6.92 Å². The molecule has 106 valence electrons. The second-order valence-electron chi connectivity index (χ2n) is 5.14. The molecular formula is C12H20N4O3. The fourth-order valence-corrected chi connectivity index (χ4v) is 2.32. The molecule has 0 bridgehead atoms. The molecule has 1 unspecified atom stereocenters. The molecular weight excluding hydrogens is 248 g/mol. The summed E-state index contributed by atoms with van der Waals surface area (Å²) in [6.07, 6.45) is 3.24. The number of tetrazole rings is 1. The maximum absolute atomic E-state index is 10.8. The fourth-order valence-electron chi connectivity index (χ4n) is 2.32. The highest BCUT2D eigenvalue weighted by Crippen LogP contribution is 2.32. The van der Waals surface area contributed by atoms with Gasteiger partial charge in [-0.2, -0.15) is 0 Å². The first-order chi connectivity index (χ1) is 9.10. The number of carboxylic acid groups (broad SMARTS) is 1. The van der Waals surface area contributed by atoms with Gasteiger partial charge in [0.25, 0.3) is 0 Å². The van der Waals surface area contributed by atoms with Gasteiger partial charge in [0, 0.05) is 13.0 Å². The third-order valence-corrected chi connectivity index (χ3v) is 3.54. The standard InChI is InChI=1S/C12H20N4O3/c1-3-19-10-4-9(5-10)6-11-13-14-15-16(11)7-8(2)12(17)18/h8-10H,3-7H2,1-2H3,(H,17,18). The summed E-state index contributed by atoms with van der Waals surface area (Å²) >= 11 is 0. The molecule has 1 aromatic rings. The van der Waals surface area contributed by atoms with Crippen LogP contribution in [0.25, 0.3) is 0 Å². The monoisotopic (exact) mass is 268 g/mol. The molecule has 1 fully saturated rings. The van der Waals surface area contributed by atoms with E-state index in [0.717, 1.165) is 31.7 Å². The Labute approximate surface area is 111 Å². The average molecular weight is 268 g/mol. The minimum Gasteiger partial charge on any atom is -0.481 e. The number of aromatic nitrogens is 4. The van der Waals surface area contributed by atoms with Gasteiger partial charge in [0.1, 0.15) is 0 Å². The Kier molecular flexibility index (Phi) is 4.47. The van der Waals surface area contributed by atoms with Crippen molar-refractivity contribution in [3.8, 4) is 0 Å². The quantitative estimate of drug-likeness (QED) is 0.784. The van der Waals surface area contributed by atoms with Crippen molar-refractivity contribution in [2.24, 2.45) is 11.8 Å². The molecule has 0 spiro atoms. The summed E-state index contributed by atoms with van der Waals surface area (Å²) in [7, 11) is 0. The Morgan fingerprint density at radius 2 is 2.32 bits per heavy atom. The van der Waals surface area contributed by atoms with Crippen LogP contribution in [0.5, 0.6) is 0 Å². The van der Waals surface area contributed by atoms with Gasteiger partial charge in [-0.05, 0) is 36.1 Å². The van der Waals surface area contributed by atoms with Crippen molar-refractivity contribution in [1.82, 2.24) is 20.2 Å². The van der Waals surface area contributed by atoms with Crippen molar-refractivity contribution >= 4 is 5.97 Å². The van der Waals surface area contributed by atoms with Crippen LogP contribution in [0.15, 0.2) is 0 Å². The Morgan fingerprint density at radius 3 is 2.95 bits per heavy atom. The van der Waals surface area contributed by atoms with Crippen LogP contribution in [0.4, 0.5) is 0 Å². The van der Waals surface area contributed by atoms with E-state index in [4.69, 9.17) is 9.84 Å². The first-order valence-electron chi connectivity index (χ1n) is 6.69. The molecule has 0 radical (unpaired) electrons. The van der Waals surface area contributed by atoms with Crippen molar-refractivity contribution in [1.29, 1.82) is 0 Å². The second kappa shape index (κ2) is 6.10. The maximum Gasteiger partial charge on any atom is 0.308 e. The number of ether oxygens (including phenoxy) is 1. The largest absolute Gasteiger partial charge is 0.481 e. The van der Waals surface area contributed by atoms with Gasteiger partial charge in [0.15, 0.2) is 5.82 Å². The minimum absolute atomic E-state index is 0.319. The molecule has 1 heterocycles. The van der Waals surface area contributed by atoms with Crippen molar-refractivity contribution < 1.29 is 14.6 Å². The van der Waals surface area contributed by atoms with Gasteiger partial charge < -0.3 is 9.84 Å². The molecule has 1 saturated carbocycles. The maximum atomic E-state index is 10.8. The predicted molar refractivity (Wildman–Crippen MR) is 66.5 cm³/mol. The smallest absolute Gasteiger partial charge is 0.308 e. The topological polar surface area (TPSA) is 90.1 Å². The molecule has 7 nitrogen and oxygen atoms in total. The molecule has 0 aliphatic heterocycles. The summed E-state index contributed by atoms with van der Waals surface area (Å²) in [5, 5.41) is 20.4. The number of carboxylic acids is 1. The molecule has 19 heavy (non-hydrogen) atoms. The van der Waals surface area contributed by atoms with Gasteiger partial charge in [-0.3, -0.25) is 4.79 Å². The van der Waals surface area contributed by atoms with Crippen molar-refractivity contribution in [3.05, 3.63) is 5.82 Å². The number of carbonyl (C=O) groups is 1. The van der Waals surface area contributed by atoms with Crippen molar-refractivity contribution in [3.63, 3.8) is 0 Å². The van der Waals surface area contributed by atoms with Gasteiger partial charge in [-0.1, -0.05) is 6.92 Å². The zero-order chi connectivity index (χ0) is 13.8. The van der Waals surface area contributed by atoms with Crippen LogP contribution in [0.1, 0.15) is 32.5 Å². The Balaban J connectivity index is 1.85. The predicted octanol–water partition coefficient (Wildman–Crippen LogP) is 0.751. The molecule has 1 atom stereocenters. The molecule has 1 N–H and O–H groups in total. The molecule has 0 aromatic carbocycles. The summed E-state index contributed by atoms with van der Waals surface area (Å²) in [4.78, 5) is 10.8. The molecule has 1 aliphatic rings. The van der Waals surface area contributed by atoms with Gasteiger partial charge in [-0.15, -0.1) is 5.10 Å². The molecule has 7 heteroatoms. The van der Waals surface area contributed by atoms with Gasteiger partial charge >= 0.3 is 5.97 Å². The van der Waals surface area contributed by atoms with Crippen molar-refractivity contribution in [2.75, 3.05) is 6.61 Å². The third-order valence-electron chi connectivity index (χ3n) is 3.54. The SMILES string of the molecule is CCOC1CC(Cc2nnnn2CC(C)C(=O)O)C1. The fraction of sp³-hybridized carbons (Fsp3) is 0.833. The van der Waals surface area contributed by atoms with Gasteiger partial charge in [0.2, 0.25) is 0 Å². The van der Waals surface area contributed by atoms with Crippen LogP contribution < -0.4 is 0 Å². The Hall–Kier alpha value is -1.50. The molecule has 1 aromatic heterocycles. The zero-order valence-corrected chi connectivity index (χ0v) is 11.3. The lowest BCUT2D eigenvalue weighted by atomic mass is 9.80. The summed E-state index contributed by atoms with van der Waals surface area (Å²) in [5.74, 6) is -0.00389. The van der Waals surface area contributed by atoms with Crippen LogP contribution in [0.2, 0.25) is 0 Å². The number of nitrogens with zero attached hydrogens (tertiary/aromatic N) is 4. The minimum atomic E-state index is -0.832. The number of rotatable bonds is 7. The first kappa shape index (κ1) is 13.9. The van der Waals surface area contributed by atoms with Crippen LogP contribution >= 0.6 is 0 Å². The number of hydrogen-bond acceptors (Lipinski definition) is 5. The summed E-state index contributed by atoms with van der Waals surface area (Å²) in [6.45, 7) is 4.73. The van der Waals surface area contributed by atoms with Crippen LogP contribution in [0, 0.1) is 11.8 Å². The lowest BCUT2D eigenvalue weighted by molar-refractivity contribution is -0.141.